The summed E-state index contributed by atoms with van der Waals surface area (Å²) in [5.74, 6) is -0.273. The van der Waals surface area contributed by atoms with Crippen molar-refractivity contribution in [2.24, 2.45) is 0 Å². The van der Waals surface area contributed by atoms with Crippen molar-refractivity contribution in [2.45, 2.75) is 63.6 Å². The molecular weight excluding hydrogens is 422 g/mol. The quantitative estimate of drug-likeness (QED) is 0.650. The number of rotatable bonds is 8. The average molecular weight is 458 g/mol. The van der Waals surface area contributed by atoms with Crippen LogP contribution in [-0.4, -0.2) is 49.7 Å². The fourth-order valence-corrected chi connectivity index (χ4v) is 5.41. The lowest BCUT2D eigenvalue weighted by atomic mass is 10.1. The maximum atomic E-state index is 13.1. The van der Waals surface area contributed by atoms with Crippen LogP contribution in [0.15, 0.2) is 53.4 Å². The van der Waals surface area contributed by atoms with Crippen molar-refractivity contribution in [3.05, 3.63) is 65.2 Å². The molecule has 0 aliphatic carbocycles. The van der Waals surface area contributed by atoms with E-state index in [0.717, 1.165) is 37.8 Å². The summed E-state index contributed by atoms with van der Waals surface area (Å²) in [6, 6.07) is 14.9. The summed E-state index contributed by atoms with van der Waals surface area (Å²) >= 11 is 0. The predicted molar refractivity (Wildman–Crippen MR) is 128 cm³/mol. The van der Waals surface area contributed by atoms with Gasteiger partial charge in [-0.1, -0.05) is 43.2 Å². The van der Waals surface area contributed by atoms with Crippen LogP contribution in [0.2, 0.25) is 0 Å². The zero-order valence-electron chi connectivity index (χ0n) is 19.4. The molecule has 1 N–H and O–H groups in total. The monoisotopic (exact) mass is 457 g/mol. The number of benzene rings is 2. The van der Waals surface area contributed by atoms with E-state index in [-0.39, 0.29) is 10.8 Å². The number of hydrogen-bond acceptors (Lipinski definition) is 4. The minimum atomic E-state index is -3.59. The summed E-state index contributed by atoms with van der Waals surface area (Å²) in [4.78, 5) is 15.3. The van der Waals surface area contributed by atoms with Gasteiger partial charge in [0.15, 0.2) is 0 Å². The van der Waals surface area contributed by atoms with Crippen LogP contribution in [0.4, 0.5) is 0 Å². The molecule has 1 fully saturated rings. The Bertz CT molecular complexity index is 1010. The van der Waals surface area contributed by atoms with Gasteiger partial charge in [-0.05, 0) is 63.1 Å². The van der Waals surface area contributed by atoms with Crippen LogP contribution in [0, 0.1) is 0 Å². The van der Waals surface area contributed by atoms with Crippen LogP contribution in [0.5, 0.6) is 0 Å². The second-order valence-electron chi connectivity index (χ2n) is 8.81. The largest absolute Gasteiger partial charge is 0.348 e. The molecule has 0 bridgehead atoms. The van der Waals surface area contributed by atoms with Crippen molar-refractivity contribution in [1.82, 2.24) is 14.5 Å². The smallest absolute Gasteiger partial charge is 0.251 e. The van der Waals surface area contributed by atoms with Gasteiger partial charge in [0.2, 0.25) is 10.0 Å². The molecule has 3 rings (SSSR count). The van der Waals surface area contributed by atoms with Crippen LogP contribution in [-0.2, 0) is 23.1 Å². The lowest BCUT2D eigenvalue weighted by Gasteiger charge is -2.22. The number of carbonyl (C=O) groups excluding carboxylic acids is 1. The highest BCUT2D eigenvalue weighted by atomic mass is 32.2. The molecule has 1 aliphatic heterocycles. The number of nitrogens with one attached hydrogen (secondary N) is 1. The van der Waals surface area contributed by atoms with Crippen molar-refractivity contribution < 1.29 is 13.2 Å². The summed E-state index contributed by atoms with van der Waals surface area (Å²) < 4.78 is 27.7. The zero-order valence-corrected chi connectivity index (χ0v) is 20.2. The Morgan fingerprint density at radius 2 is 1.66 bits per heavy atom. The van der Waals surface area contributed by atoms with Gasteiger partial charge in [0.25, 0.3) is 5.91 Å². The zero-order chi connectivity index (χ0) is 23.1. The summed E-state index contributed by atoms with van der Waals surface area (Å²) in [7, 11) is -1.51. The van der Waals surface area contributed by atoms with Crippen LogP contribution in [0.3, 0.4) is 0 Å². The molecule has 32 heavy (non-hydrogen) atoms. The number of carbonyl (C=O) groups is 1. The Morgan fingerprint density at radius 3 is 2.31 bits per heavy atom. The summed E-state index contributed by atoms with van der Waals surface area (Å²) in [5, 5.41) is 2.96. The molecule has 1 amide bonds. The molecule has 0 radical (unpaired) electrons. The predicted octanol–water partition coefficient (Wildman–Crippen LogP) is 4.02. The van der Waals surface area contributed by atoms with Gasteiger partial charge in [-0.25, -0.2) is 8.42 Å². The van der Waals surface area contributed by atoms with Crippen molar-refractivity contribution in [3.8, 4) is 0 Å². The van der Waals surface area contributed by atoms with Crippen molar-refractivity contribution in [1.29, 1.82) is 0 Å². The van der Waals surface area contributed by atoms with Crippen LogP contribution < -0.4 is 5.32 Å². The highest BCUT2D eigenvalue weighted by molar-refractivity contribution is 7.89. The lowest BCUT2D eigenvalue weighted by molar-refractivity contribution is 0.0950. The van der Waals surface area contributed by atoms with Crippen LogP contribution in [0.25, 0.3) is 0 Å². The molecule has 0 spiro atoms. The van der Waals surface area contributed by atoms with E-state index in [9.17, 15) is 13.2 Å². The number of sulfonamides is 1. The van der Waals surface area contributed by atoms with Gasteiger partial charge in [0.1, 0.15) is 0 Å². The molecule has 2 aromatic carbocycles. The minimum absolute atomic E-state index is 0.186. The molecule has 1 aliphatic rings. The molecule has 1 heterocycles. The lowest BCUT2D eigenvalue weighted by Crippen LogP contribution is -2.32. The van der Waals surface area contributed by atoms with Gasteiger partial charge < -0.3 is 5.32 Å². The third-order valence-corrected chi connectivity index (χ3v) is 8.05. The van der Waals surface area contributed by atoms with E-state index in [0.29, 0.717) is 31.2 Å². The van der Waals surface area contributed by atoms with E-state index in [4.69, 9.17) is 0 Å². The molecule has 0 unspecified atom stereocenters. The van der Waals surface area contributed by atoms with Gasteiger partial charge in [0, 0.05) is 37.8 Å². The Kier molecular flexibility index (Phi) is 8.45. The minimum Gasteiger partial charge on any atom is -0.348 e. The fourth-order valence-electron chi connectivity index (χ4n) is 3.84. The SMILES string of the molecule is CC(C)N(C)Cc1ccccc1CNC(=O)c1cccc(S(=O)(=O)N2CCCCCC2)c1. The molecule has 6 nitrogen and oxygen atoms in total. The Morgan fingerprint density at radius 1 is 1.00 bits per heavy atom. The number of nitrogens with zero attached hydrogens (tertiary/aromatic N) is 2. The molecule has 0 saturated carbocycles. The van der Waals surface area contributed by atoms with E-state index in [1.54, 1.807) is 22.5 Å². The summed E-state index contributed by atoms with van der Waals surface area (Å²) in [6.45, 7) is 6.58. The van der Waals surface area contributed by atoms with E-state index in [2.05, 4.69) is 37.2 Å². The van der Waals surface area contributed by atoms with E-state index >= 15 is 0 Å². The molecule has 0 atom stereocenters. The molecule has 7 heteroatoms. The topological polar surface area (TPSA) is 69.7 Å². The summed E-state index contributed by atoms with van der Waals surface area (Å²) in [6.07, 6.45) is 3.88. The van der Waals surface area contributed by atoms with Crippen molar-refractivity contribution in [3.63, 3.8) is 0 Å². The van der Waals surface area contributed by atoms with Gasteiger partial charge >= 0.3 is 0 Å². The van der Waals surface area contributed by atoms with Crippen molar-refractivity contribution in [2.75, 3.05) is 20.1 Å². The van der Waals surface area contributed by atoms with E-state index in [1.165, 1.54) is 11.6 Å². The Balaban J connectivity index is 1.71. The van der Waals surface area contributed by atoms with Crippen LogP contribution in [0.1, 0.15) is 61.0 Å². The molecule has 2 aromatic rings. The maximum absolute atomic E-state index is 13.1. The van der Waals surface area contributed by atoms with E-state index in [1.807, 2.05) is 18.2 Å². The Labute approximate surface area is 192 Å². The molecule has 174 valence electrons. The first-order chi connectivity index (χ1) is 15.3. The second kappa shape index (κ2) is 11.1. The van der Waals surface area contributed by atoms with Crippen molar-refractivity contribution >= 4 is 15.9 Å². The molecule has 1 saturated heterocycles. The van der Waals surface area contributed by atoms with Gasteiger partial charge in [0.05, 0.1) is 4.90 Å². The maximum Gasteiger partial charge on any atom is 0.251 e. The normalized spacial score (nSPS) is 15.7. The number of hydrogen-bond donors (Lipinski definition) is 1. The standard InChI is InChI=1S/C25H35N3O3S/c1-20(2)27(3)19-23-12-7-6-11-22(23)18-26-25(29)21-13-10-14-24(17-21)32(30,31)28-15-8-4-5-9-16-28/h6-7,10-14,17,20H,4-5,8-9,15-16,18-19H2,1-3H3,(H,26,29). The second-order valence-corrected chi connectivity index (χ2v) is 10.7. The van der Waals surface area contributed by atoms with Gasteiger partial charge in [-0.3, -0.25) is 9.69 Å². The van der Waals surface area contributed by atoms with Gasteiger partial charge in [-0.2, -0.15) is 4.31 Å². The van der Waals surface area contributed by atoms with E-state index < -0.39 is 10.0 Å². The van der Waals surface area contributed by atoms with Crippen LogP contribution >= 0.6 is 0 Å². The number of amides is 1. The average Bonchev–Trinajstić information content (AvgIpc) is 3.08. The summed E-state index contributed by atoms with van der Waals surface area (Å²) in [5.41, 5.74) is 2.58. The first-order valence-corrected chi connectivity index (χ1v) is 12.9. The third kappa shape index (κ3) is 6.18. The highest BCUT2D eigenvalue weighted by Crippen LogP contribution is 2.21. The Hall–Kier alpha value is -2.22. The molecular formula is C25H35N3O3S. The first kappa shape index (κ1) is 24.4. The fraction of sp³-hybridized carbons (Fsp3) is 0.480. The van der Waals surface area contributed by atoms with Gasteiger partial charge in [-0.15, -0.1) is 0 Å². The first-order valence-electron chi connectivity index (χ1n) is 11.4. The highest BCUT2D eigenvalue weighted by Gasteiger charge is 2.25. The molecule has 0 aromatic heterocycles. The third-order valence-electron chi connectivity index (χ3n) is 6.16.